The lowest BCUT2D eigenvalue weighted by molar-refractivity contribution is -0.118. The number of fused-ring (bicyclic) bond motifs is 1. The van der Waals surface area contributed by atoms with E-state index in [-0.39, 0.29) is 29.5 Å². The molecule has 1 N–H and O–H groups in total. The van der Waals surface area contributed by atoms with Crippen LogP contribution in [0.4, 0.5) is 16.2 Å². The molecule has 0 bridgehead atoms. The van der Waals surface area contributed by atoms with E-state index in [1.54, 1.807) is 35.4 Å². The molecule has 2 heterocycles. The fraction of sp³-hybridized carbons (Fsp3) is 0.238. The first-order chi connectivity index (χ1) is 26.2. The highest BCUT2D eigenvalue weighted by Gasteiger charge is 2.24. The maximum atomic E-state index is 14.2. The van der Waals surface area contributed by atoms with Crippen molar-refractivity contribution in [3.8, 4) is 11.1 Å². The summed E-state index contributed by atoms with van der Waals surface area (Å²) < 4.78 is 36.8. The molecule has 6 rings (SSSR count). The van der Waals surface area contributed by atoms with Crippen LogP contribution in [0.2, 0.25) is 0 Å². The summed E-state index contributed by atoms with van der Waals surface area (Å²) in [5, 5.41) is 0. The first-order valence-electron chi connectivity index (χ1n) is 18.1. The lowest BCUT2D eigenvalue weighted by atomic mass is 10.0. The van der Waals surface area contributed by atoms with Crippen molar-refractivity contribution in [1.82, 2.24) is 18.8 Å². The van der Waals surface area contributed by atoms with Crippen molar-refractivity contribution < 1.29 is 22.7 Å². The molecule has 0 atom stereocenters. The van der Waals surface area contributed by atoms with Crippen molar-refractivity contribution in [2.24, 2.45) is 0 Å². The fourth-order valence-electron chi connectivity index (χ4n) is 6.27. The van der Waals surface area contributed by atoms with Crippen molar-refractivity contribution >= 4 is 44.4 Å². The molecule has 2 aromatic heterocycles. The highest BCUT2D eigenvalue weighted by molar-refractivity contribution is 7.90. The maximum absolute atomic E-state index is 14.2. The molecular weight excluding hydrogens is 703 g/mol. The van der Waals surface area contributed by atoms with Gasteiger partial charge in [-0.15, -0.1) is 0 Å². The smallest absolute Gasteiger partial charge is 0.421 e. The molecule has 0 fully saturated rings. The van der Waals surface area contributed by atoms with E-state index in [0.717, 1.165) is 30.7 Å². The van der Waals surface area contributed by atoms with Crippen molar-refractivity contribution in [3.05, 3.63) is 143 Å². The van der Waals surface area contributed by atoms with Crippen LogP contribution in [0.5, 0.6) is 0 Å². The van der Waals surface area contributed by atoms with E-state index < -0.39 is 16.1 Å². The number of sulfonamides is 1. The number of carbonyl (C=O) groups is 2. The SMILES string of the molecule is CCCCOC(=O)NS(=O)(=O)c1ccccc1-c1ccc(Cn2c(CCCC)nc3ccn(CC(=O)N(c4ccccc4)c4ccccc4)c(=O)c32)cc1. The van der Waals surface area contributed by atoms with Gasteiger partial charge in [0.25, 0.3) is 21.5 Å². The van der Waals surface area contributed by atoms with Gasteiger partial charge in [0.15, 0.2) is 0 Å². The molecule has 0 radical (unpaired) electrons. The number of aromatic nitrogens is 3. The van der Waals surface area contributed by atoms with E-state index in [9.17, 15) is 22.8 Å². The number of anilines is 2. The molecule has 0 spiro atoms. The Hall–Kier alpha value is -6.01. The minimum Gasteiger partial charge on any atom is -0.449 e. The summed E-state index contributed by atoms with van der Waals surface area (Å²) in [7, 11) is -4.22. The fourth-order valence-corrected chi connectivity index (χ4v) is 7.39. The lowest BCUT2D eigenvalue weighted by Gasteiger charge is -2.23. The van der Waals surface area contributed by atoms with Gasteiger partial charge in [0.2, 0.25) is 0 Å². The summed E-state index contributed by atoms with van der Waals surface area (Å²) in [6.45, 7) is 4.31. The number of carbonyl (C=O) groups excluding carboxylic acids is 2. The second kappa shape index (κ2) is 17.2. The number of rotatable bonds is 15. The maximum Gasteiger partial charge on any atom is 0.421 e. The van der Waals surface area contributed by atoms with Crippen molar-refractivity contribution in [2.45, 2.75) is 63.9 Å². The zero-order valence-corrected chi connectivity index (χ0v) is 31.2. The summed E-state index contributed by atoms with van der Waals surface area (Å²) in [5.41, 5.74) is 3.92. The number of benzene rings is 4. The van der Waals surface area contributed by atoms with Gasteiger partial charge in [0.1, 0.15) is 17.9 Å². The van der Waals surface area contributed by atoms with Gasteiger partial charge in [-0.1, -0.05) is 106 Å². The molecule has 12 heteroatoms. The number of pyridine rings is 1. The van der Waals surface area contributed by atoms with Gasteiger partial charge in [0, 0.05) is 36.1 Å². The van der Waals surface area contributed by atoms with Crippen LogP contribution in [0.3, 0.4) is 0 Å². The van der Waals surface area contributed by atoms with E-state index in [2.05, 4.69) is 6.92 Å². The number of imidazole rings is 1. The van der Waals surface area contributed by atoms with Gasteiger partial charge in [-0.25, -0.2) is 22.9 Å². The molecule has 2 amide bonds. The molecule has 0 aliphatic heterocycles. The first kappa shape index (κ1) is 37.7. The third-order valence-corrected chi connectivity index (χ3v) is 10.4. The Labute approximate surface area is 314 Å². The van der Waals surface area contributed by atoms with Crippen molar-refractivity contribution in [3.63, 3.8) is 0 Å². The zero-order chi connectivity index (χ0) is 38.1. The largest absolute Gasteiger partial charge is 0.449 e. The van der Waals surface area contributed by atoms with Gasteiger partial charge in [-0.05, 0) is 60.4 Å². The second-order valence-electron chi connectivity index (χ2n) is 12.9. The quantitative estimate of drug-likeness (QED) is 0.106. The third-order valence-electron chi connectivity index (χ3n) is 9.02. The normalized spacial score (nSPS) is 11.4. The highest BCUT2D eigenvalue weighted by Crippen LogP contribution is 2.29. The standard InChI is InChI=1S/C42H43N5O6S/c1-3-5-21-38-43-36-26-27-45(30-39(48)47(33-15-9-7-10-16-33)34-17-11-8-12-18-34)41(49)40(36)46(38)29-31-22-24-32(25-23-31)35-19-13-14-20-37(35)54(51,52)44-42(50)53-28-6-4-2/h7-20,22-27H,3-6,21,28-30H2,1-2H3,(H,44,50). The van der Waals surface area contributed by atoms with Crippen LogP contribution in [-0.2, 0) is 39.1 Å². The van der Waals surface area contributed by atoms with Crippen LogP contribution in [0.1, 0.15) is 50.9 Å². The number of hydrogen-bond donors (Lipinski definition) is 1. The monoisotopic (exact) mass is 745 g/mol. The molecule has 278 valence electrons. The Morgan fingerprint density at radius 2 is 1.43 bits per heavy atom. The Morgan fingerprint density at radius 1 is 0.796 bits per heavy atom. The molecule has 0 saturated carbocycles. The molecule has 54 heavy (non-hydrogen) atoms. The minimum atomic E-state index is -4.22. The Morgan fingerprint density at radius 3 is 2.07 bits per heavy atom. The van der Waals surface area contributed by atoms with E-state index in [4.69, 9.17) is 9.72 Å². The second-order valence-corrected chi connectivity index (χ2v) is 14.5. The molecule has 4 aromatic carbocycles. The molecule has 0 unspecified atom stereocenters. The summed E-state index contributed by atoms with van der Waals surface area (Å²) in [6, 6.07) is 34.3. The average molecular weight is 746 g/mol. The summed E-state index contributed by atoms with van der Waals surface area (Å²) in [6.07, 6.45) is 4.52. The molecule has 6 aromatic rings. The lowest BCUT2D eigenvalue weighted by Crippen LogP contribution is -2.34. The zero-order valence-electron chi connectivity index (χ0n) is 30.4. The van der Waals surface area contributed by atoms with Crippen LogP contribution in [0, 0.1) is 0 Å². The Kier molecular flexibility index (Phi) is 12.0. The Balaban J connectivity index is 1.30. The number of aryl methyl sites for hydroxylation is 1. The van der Waals surface area contributed by atoms with Crippen molar-refractivity contribution in [2.75, 3.05) is 11.5 Å². The molecular formula is C42H43N5O6S. The molecule has 0 aliphatic carbocycles. The van der Waals surface area contributed by atoms with E-state index >= 15 is 0 Å². The Bertz CT molecular complexity index is 2350. The summed E-state index contributed by atoms with van der Waals surface area (Å²) in [5.74, 6) is 0.494. The number of hydrogen-bond acceptors (Lipinski definition) is 7. The van der Waals surface area contributed by atoms with Crippen LogP contribution >= 0.6 is 0 Å². The van der Waals surface area contributed by atoms with Gasteiger partial charge in [0.05, 0.1) is 17.0 Å². The average Bonchev–Trinajstić information content (AvgIpc) is 3.53. The summed E-state index contributed by atoms with van der Waals surface area (Å²) >= 11 is 0. The topological polar surface area (TPSA) is 133 Å². The van der Waals surface area contributed by atoms with Gasteiger partial charge < -0.3 is 13.9 Å². The van der Waals surface area contributed by atoms with E-state index in [1.807, 2.05) is 101 Å². The number of nitrogens with zero attached hydrogens (tertiary/aromatic N) is 4. The van der Waals surface area contributed by atoms with E-state index in [0.29, 0.717) is 52.9 Å². The molecule has 0 saturated heterocycles. The van der Waals surface area contributed by atoms with Crippen LogP contribution in [0.15, 0.2) is 131 Å². The number of unbranched alkanes of at least 4 members (excludes halogenated alkanes) is 2. The van der Waals surface area contributed by atoms with Crippen LogP contribution in [0.25, 0.3) is 22.2 Å². The predicted octanol–water partition coefficient (Wildman–Crippen LogP) is 7.84. The molecule has 11 nitrogen and oxygen atoms in total. The van der Waals surface area contributed by atoms with Crippen LogP contribution < -0.4 is 15.2 Å². The number of nitrogens with one attached hydrogen (secondary N) is 1. The number of amides is 2. The predicted molar refractivity (Wildman–Crippen MR) is 210 cm³/mol. The third kappa shape index (κ3) is 8.61. The summed E-state index contributed by atoms with van der Waals surface area (Å²) in [4.78, 5) is 46.8. The van der Waals surface area contributed by atoms with Gasteiger partial charge in [-0.2, -0.15) is 0 Å². The first-order valence-corrected chi connectivity index (χ1v) is 19.6. The number of para-hydroxylation sites is 2. The number of ether oxygens (including phenoxy) is 1. The van der Waals surface area contributed by atoms with Gasteiger partial charge >= 0.3 is 6.09 Å². The van der Waals surface area contributed by atoms with E-state index in [1.165, 1.54) is 10.6 Å². The highest BCUT2D eigenvalue weighted by atomic mass is 32.2. The molecule has 0 aliphatic rings. The van der Waals surface area contributed by atoms with Gasteiger partial charge in [-0.3, -0.25) is 14.5 Å². The minimum absolute atomic E-state index is 0.0548. The van der Waals surface area contributed by atoms with Crippen LogP contribution in [-0.4, -0.2) is 41.1 Å². The van der Waals surface area contributed by atoms with Crippen molar-refractivity contribution in [1.29, 1.82) is 0 Å².